The molecule has 134 valence electrons. The van der Waals surface area contributed by atoms with Crippen LogP contribution in [-0.2, 0) is 16.1 Å². The first kappa shape index (κ1) is 18.0. The molecule has 0 N–H and O–H groups in total. The fraction of sp³-hybridized carbons (Fsp3) is 0.450. The standard InChI is InChI=1S/C20H25NO3S/c22-20(11-5-13-23-17-7-2-1-3-8-17)21(15-18-9-4-12-24-18)16-19-10-6-14-25-19/h1-3,6-8,10,14,18H,4-5,9,11-13,15-16H2. The van der Waals surface area contributed by atoms with E-state index in [0.29, 0.717) is 26.1 Å². The second-order valence-electron chi connectivity index (χ2n) is 6.25. The number of amides is 1. The van der Waals surface area contributed by atoms with Crippen LogP contribution in [-0.4, -0.2) is 36.7 Å². The molecule has 0 spiro atoms. The minimum absolute atomic E-state index is 0.181. The number of ether oxygens (including phenoxy) is 2. The van der Waals surface area contributed by atoms with Gasteiger partial charge < -0.3 is 14.4 Å². The monoisotopic (exact) mass is 359 g/mol. The smallest absolute Gasteiger partial charge is 0.223 e. The van der Waals surface area contributed by atoms with Crippen LogP contribution in [0.4, 0.5) is 0 Å². The second-order valence-corrected chi connectivity index (χ2v) is 7.29. The molecular weight excluding hydrogens is 334 g/mol. The Hall–Kier alpha value is -1.85. The van der Waals surface area contributed by atoms with E-state index in [4.69, 9.17) is 9.47 Å². The number of hydrogen-bond donors (Lipinski definition) is 0. The van der Waals surface area contributed by atoms with E-state index >= 15 is 0 Å². The van der Waals surface area contributed by atoms with E-state index in [1.54, 1.807) is 11.3 Å². The third-order valence-electron chi connectivity index (χ3n) is 4.27. The van der Waals surface area contributed by atoms with Gasteiger partial charge in [0, 0.05) is 24.4 Å². The molecule has 1 atom stereocenters. The van der Waals surface area contributed by atoms with Crippen molar-refractivity contribution in [3.63, 3.8) is 0 Å². The number of thiophene rings is 1. The zero-order valence-corrected chi connectivity index (χ0v) is 15.2. The molecule has 1 unspecified atom stereocenters. The van der Waals surface area contributed by atoms with Crippen LogP contribution in [0.25, 0.3) is 0 Å². The van der Waals surface area contributed by atoms with Gasteiger partial charge in [-0.1, -0.05) is 24.3 Å². The van der Waals surface area contributed by atoms with Crippen molar-refractivity contribution >= 4 is 17.2 Å². The summed E-state index contributed by atoms with van der Waals surface area (Å²) in [5, 5.41) is 2.05. The van der Waals surface area contributed by atoms with Crippen molar-refractivity contribution in [2.24, 2.45) is 0 Å². The molecule has 3 rings (SSSR count). The van der Waals surface area contributed by atoms with Gasteiger partial charge in [-0.3, -0.25) is 4.79 Å². The van der Waals surface area contributed by atoms with Crippen LogP contribution in [0, 0.1) is 0 Å². The lowest BCUT2D eigenvalue weighted by Gasteiger charge is -2.25. The summed E-state index contributed by atoms with van der Waals surface area (Å²) in [4.78, 5) is 15.9. The van der Waals surface area contributed by atoms with E-state index in [1.807, 2.05) is 41.3 Å². The molecule has 2 heterocycles. The Bertz CT molecular complexity index is 624. The van der Waals surface area contributed by atoms with Crippen molar-refractivity contribution in [2.75, 3.05) is 19.8 Å². The molecule has 0 aliphatic carbocycles. The predicted molar refractivity (Wildman–Crippen MR) is 99.9 cm³/mol. The highest BCUT2D eigenvalue weighted by atomic mass is 32.1. The third kappa shape index (κ3) is 5.87. The van der Waals surface area contributed by atoms with E-state index in [9.17, 15) is 4.79 Å². The topological polar surface area (TPSA) is 38.8 Å². The first-order chi connectivity index (χ1) is 12.3. The zero-order valence-electron chi connectivity index (χ0n) is 14.4. The van der Waals surface area contributed by atoms with E-state index in [0.717, 1.165) is 31.6 Å². The van der Waals surface area contributed by atoms with Crippen molar-refractivity contribution in [1.29, 1.82) is 0 Å². The van der Waals surface area contributed by atoms with Crippen molar-refractivity contribution in [1.82, 2.24) is 4.90 Å². The molecule has 1 fully saturated rings. The summed E-state index contributed by atoms with van der Waals surface area (Å²) in [6.07, 6.45) is 3.55. The van der Waals surface area contributed by atoms with Crippen LogP contribution >= 0.6 is 11.3 Å². The highest BCUT2D eigenvalue weighted by Crippen LogP contribution is 2.18. The molecule has 1 aliphatic heterocycles. The Labute approximate surface area is 153 Å². The quantitative estimate of drug-likeness (QED) is 0.632. The molecule has 1 aliphatic rings. The van der Waals surface area contributed by atoms with Crippen LogP contribution in [0.1, 0.15) is 30.6 Å². The zero-order chi connectivity index (χ0) is 17.3. The lowest BCUT2D eigenvalue weighted by atomic mass is 10.2. The van der Waals surface area contributed by atoms with Gasteiger partial charge in [-0.2, -0.15) is 0 Å². The van der Waals surface area contributed by atoms with Gasteiger partial charge >= 0.3 is 0 Å². The molecule has 5 heteroatoms. The largest absolute Gasteiger partial charge is 0.494 e. The molecule has 0 saturated carbocycles. The van der Waals surface area contributed by atoms with E-state index in [1.165, 1.54) is 4.88 Å². The Balaban J connectivity index is 1.47. The average molecular weight is 359 g/mol. The summed E-state index contributed by atoms with van der Waals surface area (Å²) in [6.45, 7) is 2.74. The fourth-order valence-electron chi connectivity index (χ4n) is 2.97. The van der Waals surface area contributed by atoms with Gasteiger partial charge in [-0.15, -0.1) is 11.3 Å². The molecule has 0 radical (unpaired) electrons. The van der Waals surface area contributed by atoms with Gasteiger partial charge in [-0.05, 0) is 42.8 Å². The Kier molecular flexibility index (Phi) is 6.89. The van der Waals surface area contributed by atoms with Crippen LogP contribution in [0.15, 0.2) is 47.8 Å². The summed E-state index contributed by atoms with van der Waals surface area (Å²) >= 11 is 1.69. The maximum Gasteiger partial charge on any atom is 0.223 e. The maximum atomic E-state index is 12.7. The lowest BCUT2D eigenvalue weighted by molar-refractivity contribution is -0.133. The number of benzene rings is 1. The van der Waals surface area contributed by atoms with Gasteiger partial charge in [0.2, 0.25) is 5.91 Å². The van der Waals surface area contributed by atoms with Crippen LogP contribution in [0.2, 0.25) is 0 Å². The van der Waals surface area contributed by atoms with Gasteiger partial charge in [0.15, 0.2) is 0 Å². The van der Waals surface area contributed by atoms with Crippen molar-refractivity contribution in [3.05, 3.63) is 52.7 Å². The first-order valence-electron chi connectivity index (χ1n) is 8.91. The molecule has 1 aromatic heterocycles. The van der Waals surface area contributed by atoms with Crippen LogP contribution < -0.4 is 4.74 Å². The number of hydrogen-bond acceptors (Lipinski definition) is 4. The number of nitrogens with zero attached hydrogens (tertiary/aromatic N) is 1. The van der Waals surface area contributed by atoms with Crippen molar-refractivity contribution in [2.45, 2.75) is 38.3 Å². The molecule has 2 aromatic rings. The summed E-state index contributed by atoms with van der Waals surface area (Å²) in [6, 6.07) is 13.8. The van der Waals surface area contributed by atoms with Gasteiger partial charge in [-0.25, -0.2) is 0 Å². The summed E-state index contributed by atoms with van der Waals surface area (Å²) in [5.41, 5.74) is 0. The number of carbonyl (C=O) groups is 1. The molecule has 4 nitrogen and oxygen atoms in total. The number of rotatable bonds is 9. The van der Waals surface area contributed by atoms with Crippen LogP contribution in [0.5, 0.6) is 5.75 Å². The van der Waals surface area contributed by atoms with Gasteiger partial charge in [0.25, 0.3) is 0 Å². The predicted octanol–water partition coefficient (Wildman–Crippen LogP) is 4.11. The van der Waals surface area contributed by atoms with E-state index in [2.05, 4.69) is 11.4 Å². The number of para-hydroxylation sites is 1. The average Bonchev–Trinajstić information content (AvgIpc) is 3.33. The number of carbonyl (C=O) groups excluding carboxylic acids is 1. The Morgan fingerprint density at radius 2 is 2.12 bits per heavy atom. The Morgan fingerprint density at radius 1 is 1.24 bits per heavy atom. The molecule has 25 heavy (non-hydrogen) atoms. The van der Waals surface area contributed by atoms with E-state index in [-0.39, 0.29) is 12.0 Å². The SMILES string of the molecule is O=C(CCCOc1ccccc1)N(Cc1cccs1)CC1CCCO1. The molecule has 1 saturated heterocycles. The molecule has 1 amide bonds. The lowest BCUT2D eigenvalue weighted by Crippen LogP contribution is -2.36. The second kappa shape index (κ2) is 9.59. The Morgan fingerprint density at radius 3 is 2.84 bits per heavy atom. The van der Waals surface area contributed by atoms with Gasteiger partial charge in [0.1, 0.15) is 5.75 Å². The van der Waals surface area contributed by atoms with Crippen molar-refractivity contribution < 1.29 is 14.3 Å². The normalized spacial score (nSPS) is 16.7. The summed E-state index contributed by atoms with van der Waals surface area (Å²) in [5.74, 6) is 1.03. The van der Waals surface area contributed by atoms with Crippen LogP contribution in [0.3, 0.4) is 0 Å². The highest BCUT2D eigenvalue weighted by Gasteiger charge is 2.22. The maximum absolute atomic E-state index is 12.7. The summed E-state index contributed by atoms with van der Waals surface area (Å²) in [7, 11) is 0. The van der Waals surface area contributed by atoms with E-state index < -0.39 is 0 Å². The first-order valence-corrected chi connectivity index (χ1v) is 9.79. The highest BCUT2D eigenvalue weighted by molar-refractivity contribution is 7.09. The molecule has 1 aromatic carbocycles. The van der Waals surface area contributed by atoms with Gasteiger partial charge in [0.05, 0.1) is 19.3 Å². The minimum atomic E-state index is 0.181. The molecule has 0 bridgehead atoms. The van der Waals surface area contributed by atoms with Crippen molar-refractivity contribution in [3.8, 4) is 5.75 Å². The molecular formula is C20H25NO3S. The summed E-state index contributed by atoms with van der Waals surface area (Å²) < 4.78 is 11.4. The fourth-order valence-corrected chi connectivity index (χ4v) is 3.69. The third-order valence-corrected chi connectivity index (χ3v) is 5.14. The minimum Gasteiger partial charge on any atom is -0.494 e.